The Bertz CT molecular complexity index is 1040. The van der Waals surface area contributed by atoms with Crippen molar-refractivity contribution in [1.82, 2.24) is 9.38 Å². The molecule has 2 aromatic heterocycles. The highest BCUT2D eigenvalue weighted by Gasteiger charge is 2.33. The second-order valence-corrected chi connectivity index (χ2v) is 6.53. The number of carbonyl (C=O) groups excluding carboxylic acids is 1. The van der Waals surface area contributed by atoms with Gasteiger partial charge in [0.1, 0.15) is 5.82 Å². The van der Waals surface area contributed by atoms with Crippen molar-refractivity contribution in [2.75, 3.05) is 5.32 Å². The van der Waals surface area contributed by atoms with E-state index in [-0.39, 0.29) is 17.9 Å². The third-order valence-corrected chi connectivity index (χ3v) is 4.91. The lowest BCUT2D eigenvalue weighted by molar-refractivity contribution is -0.137. The van der Waals surface area contributed by atoms with Gasteiger partial charge in [-0.25, -0.2) is 0 Å². The molecule has 3 aromatic rings. The smallest absolute Gasteiger partial charge is 0.311 e. The number of hydrogen-bond donors (Lipinski definition) is 1. The van der Waals surface area contributed by atoms with Crippen molar-refractivity contribution < 1.29 is 18.0 Å². The monoisotopic (exact) mass is 365 g/mol. The summed E-state index contributed by atoms with van der Waals surface area (Å²) in [6.45, 7) is 0. The van der Waals surface area contributed by atoms with E-state index in [0.29, 0.717) is 16.3 Å². The first-order valence-electron chi connectivity index (χ1n) is 7.31. The van der Waals surface area contributed by atoms with Gasteiger partial charge in [-0.05, 0) is 17.7 Å². The SMILES string of the molecule is O=C1C[C@H](c2ccc(C(F)(F)F)cc2)c2c(n3ccsc3nc2=O)N1. The molecule has 0 fully saturated rings. The number of hydrogen-bond acceptors (Lipinski definition) is 4. The van der Waals surface area contributed by atoms with Crippen LogP contribution in [-0.4, -0.2) is 15.3 Å². The van der Waals surface area contributed by atoms with Crippen molar-refractivity contribution >= 4 is 28.0 Å². The van der Waals surface area contributed by atoms with Crippen molar-refractivity contribution in [2.24, 2.45) is 0 Å². The zero-order valence-electron chi connectivity index (χ0n) is 12.5. The highest BCUT2D eigenvalue weighted by atomic mass is 32.1. The number of benzene rings is 1. The topological polar surface area (TPSA) is 63.5 Å². The van der Waals surface area contributed by atoms with Crippen LogP contribution in [0.2, 0.25) is 0 Å². The Morgan fingerprint density at radius 2 is 1.92 bits per heavy atom. The van der Waals surface area contributed by atoms with Crippen LogP contribution in [0, 0.1) is 0 Å². The number of aromatic nitrogens is 2. The number of carbonyl (C=O) groups is 1. The van der Waals surface area contributed by atoms with E-state index in [4.69, 9.17) is 0 Å². The number of amides is 1. The van der Waals surface area contributed by atoms with Crippen LogP contribution in [-0.2, 0) is 11.0 Å². The summed E-state index contributed by atoms with van der Waals surface area (Å²) in [6.07, 6.45) is -2.78. The van der Waals surface area contributed by atoms with Crippen LogP contribution in [0.15, 0.2) is 40.6 Å². The summed E-state index contributed by atoms with van der Waals surface area (Å²) in [5.41, 5.74) is -0.504. The minimum atomic E-state index is -4.44. The molecule has 3 heterocycles. The molecule has 0 saturated heterocycles. The molecule has 1 amide bonds. The molecule has 0 bridgehead atoms. The van der Waals surface area contributed by atoms with E-state index in [1.807, 2.05) is 0 Å². The summed E-state index contributed by atoms with van der Waals surface area (Å²) >= 11 is 1.25. The van der Waals surface area contributed by atoms with E-state index in [9.17, 15) is 22.8 Å². The molecule has 0 spiro atoms. The first kappa shape index (κ1) is 15.8. The van der Waals surface area contributed by atoms with Gasteiger partial charge in [-0.2, -0.15) is 18.2 Å². The number of alkyl halides is 3. The van der Waals surface area contributed by atoms with Crippen LogP contribution < -0.4 is 10.9 Å². The van der Waals surface area contributed by atoms with Gasteiger partial charge in [0, 0.05) is 23.9 Å². The Balaban J connectivity index is 1.88. The molecule has 0 aliphatic carbocycles. The molecular formula is C16H10F3N3O2S. The Morgan fingerprint density at radius 3 is 2.60 bits per heavy atom. The molecule has 4 rings (SSSR count). The second kappa shape index (κ2) is 5.41. The maximum atomic E-state index is 12.7. The third-order valence-electron chi connectivity index (χ3n) is 4.15. The van der Waals surface area contributed by atoms with Crippen LogP contribution in [0.3, 0.4) is 0 Å². The summed E-state index contributed by atoms with van der Waals surface area (Å²) in [5, 5.41) is 4.41. The predicted molar refractivity (Wildman–Crippen MR) is 85.9 cm³/mol. The molecule has 0 saturated carbocycles. The number of halogens is 3. The molecule has 128 valence electrons. The molecular weight excluding hydrogens is 355 g/mol. The standard InChI is InChI=1S/C16H10F3N3O2S/c17-16(18,19)9-3-1-8(2-4-9)10-7-11(23)20-13-12(10)14(24)21-15-22(13)5-6-25-15/h1-6,10H,7H2,(H,20,23)/t10-/m1/s1. The first-order chi connectivity index (χ1) is 11.8. The lowest BCUT2D eigenvalue weighted by atomic mass is 9.86. The lowest BCUT2D eigenvalue weighted by Crippen LogP contribution is -2.31. The maximum Gasteiger partial charge on any atom is 0.416 e. The largest absolute Gasteiger partial charge is 0.416 e. The molecule has 0 unspecified atom stereocenters. The van der Waals surface area contributed by atoms with Crippen LogP contribution in [0.5, 0.6) is 0 Å². The molecule has 9 heteroatoms. The molecule has 5 nitrogen and oxygen atoms in total. The average Bonchev–Trinajstić information content (AvgIpc) is 3.02. The maximum absolute atomic E-state index is 12.7. The second-order valence-electron chi connectivity index (χ2n) is 5.66. The zero-order valence-corrected chi connectivity index (χ0v) is 13.3. The molecule has 1 aliphatic heterocycles. The van der Waals surface area contributed by atoms with Crippen LogP contribution >= 0.6 is 11.3 Å². The van der Waals surface area contributed by atoms with E-state index in [1.165, 1.54) is 23.5 Å². The van der Waals surface area contributed by atoms with Crippen molar-refractivity contribution in [1.29, 1.82) is 0 Å². The van der Waals surface area contributed by atoms with E-state index in [2.05, 4.69) is 10.3 Å². The van der Waals surface area contributed by atoms with Crippen molar-refractivity contribution in [3.63, 3.8) is 0 Å². The molecule has 1 atom stereocenters. The lowest BCUT2D eigenvalue weighted by Gasteiger charge is -2.25. The fourth-order valence-corrected chi connectivity index (χ4v) is 3.71. The van der Waals surface area contributed by atoms with Gasteiger partial charge in [0.2, 0.25) is 5.91 Å². The molecule has 1 aliphatic rings. The van der Waals surface area contributed by atoms with Gasteiger partial charge in [0.05, 0.1) is 11.1 Å². The van der Waals surface area contributed by atoms with E-state index < -0.39 is 23.2 Å². The molecule has 1 N–H and O–H groups in total. The van der Waals surface area contributed by atoms with Gasteiger partial charge in [-0.1, -0.05) is 12.1 Å². The summed E-state index contributed by atoms with van der Waals surface area (Å²) in [7, 11) is 0. The molecule has 1 aromatic carbocycles. The third kappa shape index (κ3) is 2.60. The summed E-state index contributed by atoms with van der Waals surface area (Å²) in [5.74, 6) is -0.608. The van der Waals surface area contributed by atoms with Crippen molar-refractivity contribution in [2.45, 2.75) is 18.5 Å². The number of thiazole rings is 1. The Morgan fingerprint density at radius 1 is 1.20 bits per heavy atom. The normalized spacial score (nSPS) is 17.4. The fraction of sp³-hybridized carbons (Fsp3) is 0.188. The van der Waals surface area contributed by atoms with E-state index in [0.717, 1.165) is 12.1 Å². The van der Waals surface area contributed by atoms with E-state index in [1.54, 1.807) is 16.0 Å². The predicted octanol–water partition coefficient (Wildman–Crippen LogP) is 3.25. The fourth-order valence-electron chi connectivity index (χ4n) is 3.00. The number of anilines is 1. The molecule has 25 heavy (non-hydrogen) atoms. The quantitative estimate of drug-likeness (QED) is 0.720. The zero-order chi connectivity index (χ0) is 17.8. The number of fused-ring (bicyclic) bond motifs is 3. The highest BCUT2D eigenvalue weighted by Crippen LogP contribution is 2.37. The average molecular weight is 365 g/mol. The van der Waals surface area contributed by atoms with Crippen LogP contribution in [0.4, 0.5) is 19.0 Å². The minimum absolute atomic E-state index is 0.0223. The Kier molecular flexibility index (Phi) is 3.43. The van der Waals surface area contributed by atoms with Gasteiger partial charge < -0.3 is 5.32 Å². The highest BCUT2D eigenvalue weighted by molar-refractivity contribution is 7.15. The van der Waals surface area contributed by atoms with Gasteiger partial charge >= 0.3 is 6.18 Å². The van der Waals surface area contributed by atoms with Crippen molar-refractivity contribution in [3.8, 4) is 0 Å². The van der Waals surface area contributed by atoms with Crippen LogP contribution in [0.1, 0.15) is 29.0 Å². The summed E-state index contributed by atoms with van der Waals surface area (Å²) in [4.78, 5) is 29.0. The molecule has 0 radical (unpaired) electrons. The number of nitrogens with one attached hydrogen (secondary N) is 1. The number of rotatable bonds is 1. The first-order valence-corrected chi connectivity index (χ1v) is 8.19. The summed E-state index contributed by atoms with van der Waals surface area (Å²) < 4.78 is 39.8. The summed E-state index contributed by atoms with van der Waals surface area (Å²) in [6, 6.07) is 4.51. The van der Waals surface area contributed by atoms with E-state index >= 15 is 0 Å². The Hall–Kier alpha value is -2.68. The van der Waals surface area contributed by atoms with Crippen LogP contribution in [0.25, 0.3) is 4.96 Å². The number of nitrogens with zero attached hydrogens (tertiary/aromatic N) is 2. The van der Waals surface area contributed by atoms with Crippen molar-refractivity contribution in [3.05, 3.63) is 62.9 Å². The van der Waals surface area contributed by atoms with Gasteiger partial charge in [-0.3, -0.25) is 14.0 Å². The van der Waals surface area contributed by atoms with Gasteiger partial charge in [0.15, 0.2) is 4.96 Å². The minimum Gasteiger partial charge on any atom is -0.311 e. The Labute approximate surface area is 142 Å². The van der Waals surface area contributed by atoms with Gasteiger partial charge in [0.25, 0.3) is 5.56 Å². The van der Waals surface area contributed by atoms with Gasteiger partial charge in [-0.15, -0.1) is 11.3 Å².